The minimum absolute atomic E-state index is 0.197. The molecule has 1 aromatic carbocycles. The van der Waals surface area contributed by atoms with Crippen LogP contribution in [-0.2, 0) is 12.0 Å². The quantitative estimate of drug-likeness (QED) is 0.645. The third-order valence-electron chi connectivity index (χ3n) is 6.97. The summed E-state index contributed by atoms with van der Waals surface area (Å²) in [6.07, 6.45) is 8.09. The molecule has 2 aromatic heterocycles. The summed E-state index contributed by atoms with van der Waals surface area (Å²) in [6, 6.07) is 7.70. The van der Waals surface area contributed by atoms with Crippen molar-refractivity contribution in [2.45, 2.75) is 50.5 Å². The van der Waals surface area contributed by atoms with Gasteiger partial charge in [-0.3, -0.25) is 0 Å². The van der Waals surface area contributed by atoms with Crippen LogP contribution in [0.3, 0.4) is 0 Å². The van der Waals surface area contributed by atoms with Gasteiger partial charge in [-0.05, 0) is 68.4 Å². The maximum atomic E-state index is 5.96. The number of benzene rings is 1. The van der Waals surface area contributed by atoms with Gasteiger partial charge in [-0.25, -0.2) is 0 Å². The van der Waals surface area contributed by atoms with E-state index in [0.29, 0.717) is 6.61 Å². The van der Waals surface area contributed by atoms with Crippen molar-refractivity contribution in [3.05, 3.63) is 35.1 Å². The van der Waals surface area contributed by atoms with Gasteiger partial charge in [-0.2, -0.15) is 9.61 Å². The average Bonchev–Trinajstić information content (AvgIpc) is 3.26. The van der Waals surface area contributed by atoms with Crippen LogP contribution in [0.15, 0.2) is 24.3 Å². The highest BCUT2D eigenvalue weighted by Gasteiger charge is 2.54. The molecular formula is C21H24N4O2S. The smallest absolute Gasteiger partial charge is 0.234 e. The van der Waals surface area contributed by atoms with Crippen molar-refractivity contribution in [2.24, 2.45) is 17.8 Å². The average molecular weight is 397 g/mol. The molecule has 0 aliphatic heterocycles. The van der Waals surface area contributed by atoms with E-state index in [-0.39, 0.29) is 5.41 Å². The number of aromatic nitrogens is 4. The number of hydrogen-bond donors (Lipinski definition) is 0. The minimum atomic E-state index is 0.197. The van der Waals surface area contributed by atoms with Gasteiger partial charge in [0.2, 0.25) is 4.96 Å². The lowest BCUT2D eigenvalue weighted by molar-refractivity contribution is -0.0103. The van der Waals surface area contributed by atoms with E-state index in [1.54, 1.807) is 18.4 Å². The molecule has 146 valence electrons. The first-order valence-electron chi connectivity index (χ1n) is 10.2. The molecular weight excluding hydrogens is 372 g/mol. The van der Waals surface area contributed by atoms with Crippen molar-refractivity contribution in [2.75, 3.05) is 7.11 Å². The molecule has 2 heterocycles. The highest BCUT2D eigenvalue weighted by molar-refractivity contribution is 7.16. The summed E-state index contributed by atoms with van der Waals surface area (Å²) < 4.78 is 13.3. The van der Waals surface area contributed by atoms with E-state index in [1.807, 2.05) is 28.8 Å². The Hall–Kier alpha value is -2.15. The molecule has 4 saturated carbocycles. The van der Waals surface area contributed by atoms with Gasteiger partial charge in [0.15, 0.2) is 22.3 Å². The molecule has 6 nitrogen and oxygen atoms in total. The van der Waals surface area contributed by atoms with Gasteiger partial charge in [-0.1, -0.05) is 23.5 Å². The normalized spacial score (nSPS) is 30.8. The molecule has 0 N–H and O–H groups in total. The van der Waals surface area contributed by atoms with Crippen LogP contribution in [0.1, 0.15) is 49.4 Å². The maximum Gasteiger partial charge on any atom is 0.234 e. The fourth-order valence-electron chi connectivity index (χ4n) is 6.31. The first-order chi connectivity index (χ1) is 13.7. The molecule has 28 heavy (non-hydrogen) atoms. The van der Waals surface area contributed by atoms with Crippen LogP contribution in [0.4, 0.5) is 0 Å². The molecule has 0 unspecified atom stereocenters. The van der Waals surface area contributed by atoms with Crippen LogP contribution in [0.2, 0.25) is 0 Å². The molecule has 7 rings (SSSR count). The summed E-state index contributed by atoms with van der Waals surface area (Å²) >= 11 is 1.57. The summed E-state index contributed by atoms with van der Waals surface area (Å²) in [5.41, 5.74) is 0.197. The second-order valence-electron chi connectivity index (χ2n) is 8.85. The number of para-hydroxylation sites is 2. The Morgan fingerprint density at radius 3 is 2.39 bits per heavy atom. The van der Waals surface area contributed by atoms with Crippen LogP contribution < -0.4 is 9.47 Å². The van der Waals surface area contributed by atoms with E-state index in [9.17, 15) is 0 Å². The lowest BCUT2D eigenvalue weighted by Gasteiger charge is -2.55. The molecule has 4 fully saturated rings. The number of fused-ring (bicyclic) bond motifs is 1. The monoisotopic (exact) mass is 396 g/mol. The van der Waals surface area contributed by atoms with Gasteiger partial charge < -0.3 is 9.47 Å². The molecule has 4 aliphatic rings. The fourth-order valence-corrected chi connectivity index (χ4v) is 7.05. The van der Waals surface area contributed by atoms with E-state index in [2.05, 4.69) is 10.2 Å². The van der Waals surface area contributed by atoms with Crippen LogP contribution in [-0.4, -0.2) is 26.9 Å². The summed E-state index contributed by atoms with van der Waals surface area (Å²) in [4.78, 5) is 0.879. The van der Waals surface area contributed by atoms with Crippen LogP contribution in [0.5, 0.6) is 11.5 Å². The molecule has 4 aliphatic carbocycles. The fraction of sp³-hybridized carbons (Fsp3) is 0.571. The van der Waals surface area contributed by atoms with Gasteiger partial charge in [-0.15, -0.1) is 10.2 Å². The van der Waals surface area contributed by atoms with Gasteiger partial charge in [0.25, 0.3) is 0 Å². The zero-order valence-electron chi connectivity index (χ0n) is 16.0. The summed E-state index contributed by atoms with van der Waals surface area (Å²) in [5.74, 6) is 5.21. The van der Waals surface area contributed by atoms with Gasteiger partial charge in [0.05, 0.1) is 7.11 Å². The summed E-state index contributed by atoms with van der Waals surface area (Å²) in [5, 5.41) is 14.9. The Kier molecular flexibility index (Phi) is 3.70. The number of nitrogens with zero attached hydrogens (tertiary/aromatic N) is 4. The maximum absolute atomic E-state index is 5.96. The molecule has 0 amide bonds. The van der Waals surface area contributed by atoms with Gasteiger partial charge in [0.1, 0.15) is 6.61 Å². The van der Waals surface area contributed by atoms with Gasteiger partial charge in [0, 0.05) is 5.41 Å². The van der Waals surface area contributed by atoms with E-state index in [0.717, 1.165) is 45.0 Å². The van der Waals surface area contributed by atoms with E-state index in [4.69, 9.17) is 14.6 Å². The van der Waals surface area contributed by atoms with Gasteiger partial charge >= 0.3 is 0 Å². The predicted molar refractivity (Wildman–Crippen MR) is 106 cm³/mol. The molecule has 7 heteroatoms. The van der Waals surface area contributed by atoms with Crippen molar-refractivity contribution in [3.63, 3.8) is 0 Å². The Morgan fingerprint density at radius 2 is 1.71 bits per heavy atom. The Balaban J connectivity index is 1.28. The molecule has 0 radical (unpaired) electrons. The second kappa shape index (κ2) is 6.17. The number of rotatable bonds is 5. The lowest BCUT2D eigenvalue weighted by atomic mass is 9.49. The Labute approximate surface area is 167 Å². The molecule has 0 spiro atoms. The zero-order valence-corrected chi connectivity index (χ0v) is 16.8. The van der Waals surface area contributed by atoms with Crippen molar-refractivity contribution in [1.82, 2.24) is 19.8 Å². The third-order valence-corrected chi connectivity index (χ3v) is 7.84. The number of hydrogen-bond acceptors (Lipinski definition) is 6. The zero-order chi connectivity index (χ0) is 18.7. The van der Waals surface area contributed by atoms with Crippen LogP contribution in [0.25, 0.3) is 4.96 Å². The first-order valence-corrected chi connectivity index (χ1v) is 11.0. The predicted octanol–water partition coefficient (Wildman–Crippen LogP) is 4.24. The Morgan fingerprint density at radius 1 is 1.04 bits per heavy atom. The second-order valence-corrected chi connectivity index (χ2v) is 9.89. The highest BCUT2D eigenvalue weighted by Crippen LogP contribution is 2.60. The molecule has 4 bridgehead atoms. The summed E-state index contributed by atoms with van der Waals surface area (Å²) in [6.45, 7) is 0.411. The van der Waals surface area contributed by atoms with Crippen molar-refractivity contribution < 1.29 is 9.47 Å². The SMILES string of the molecule is COc1ccccc1OCc1nn2c(C34CC5CC(CC(C5)C3)C4)nnc2s1. The largest absolute Gasteiger partial charge is 0.493 e. The lowest BCUT2D eigenvalue weighted by Crippen LogP contribution is -2.49. The third kappa shape index (κ3) is 2.55. The standard InChI is InChI=1S/C21H24N4O2S/c1-26-16-4-2-3-5-17(16)27-12-18-24-25-19(22-23-20(25)28-18)21-9-13-6-14(10-21)8-15(7-13)11-21/h2-5,13-15H,6-12H2,1H3. The first kappa shape index (κ1) is 16.8. The van der Waals surface area contributed by atoms with Crippen LogP contribution in [0, 0.1) is 17.8 Å². The van der Waals surface area contributed by atoms with Crippen molar-refractivity contribution in [1.29, 1.82) is 0 Å². The Bertz CT molecular complexity index is 991. The summed E-state index contributed by atoms with van der Waals surface area (Å²) in [7, 11) is 1.66. The van der Waals surface area contributed by atoms with E-state index < -0.39 is 0 Å². The minimum Gasteiger partial charge on any atom is -0.493 e. The van der Waals surface area contributed by atoms with Crippen molar-refractivity contribution >= 4 is 16.3 Å². The van der Waals surface area contributed by atoms with Crippen LogP contribution >= 0.6 is 11.3 Å². The highest BCUT2D eigenvalue weighted by atomic mass is 32.1. The molecule has 0 saturated heterocycles. The van der Waals surface area contributed by atoms with E-state index >= 15 is 0 Å². The number of ether oxygens (including phenoxy) is 2. The number of methoxy groups -OCH3 is 1. The van der Waals surface area contributed by atoms with Crippen molar-refractivity contribution in [3.8, 4) is 11.5 Å². The molecule has 0 atom stereocenters. The van der Waals surface area contributed by atoms with E-state index in [1.165, 1.54) is 38.5 Å². The molecule has 3 aromatic rings. The topological polar surface area (TPSA) is 61.5 Å².